The largest absolute Gasteiger partial charge is 0.313 e. The Kier molecular flexibility index (Phi) is 3.69. The van der Waals surface area contributed by atoms with E-state index in [9.17, 15) is 4.79 Å². The molecule has 1 radical (unpaired) electrons. The third-order valence-electron chi connectivity index (χ3n) is 2.07. The number of nitrogens with one attached hydrogen (secondary N) is 2. The Hall–Kier alpha value is -0.410. The van der Waals surface area contributed by atoms with E-state index in [0.717, 1.165) is 19.5 Å². The van der Waals surface area contributed by atoms with Crippen LogP contribution >= 0.6 is 0 Å². The minimum absolute atomic E-state index is 0.109. The van der Waals surface area contributed by atoms with Crippen molar-refractivity contribution in [3.05, 3.63) is 0 Å². The minimum atomic E-state index is -0.109. The molecule has 69 valence electrons. The van der Waals surface area contributed by atoms with E-state index < -0.39 is 0 Å². The highest BCUT2D eigenvalue weighted by atomic mass is 16.1. The van der Waals surface area contributed by atoms with Crippen molar-refractivity contribution in [1.82, 2.24) is 10.6 Å². The Bertz CT molecular complexity index is 147. The Balaban J connectivity index is 2.30. The lowest BCUT2D eigenvalue weighted by Crippen LogP contribution is -2.55. The molecule has 2 unspecified atom stereocenters. The van der Waals surface area contributed by atoms with Gasteiger partial charge in [0.2, 0.25) is 6.29 Å². The van der Waals surface area contributed by atoms with E-state index in [-0.39, 0.29) is 6.04 Å². The average molecular weight is 169 g/mol. The highest BCUT2D eigenvalue weighted by Gasteiger charge is 2.20. The van der Waals surface area contributed by atoms with Gasteiger partial charge in [0.15, 0.2) is 0 Å². The number of rotatable bonds is 3. The van der Waals surface area contributed by atoms with Crippen molar-refractivity contribution >= 4 is 6.29 Å². The Morgan fingerprint density at radius 2 is 2.25 bits per heavy atom. The molecule has 2 N–H and O–H groups in total. The lowest BCUT2D eigenvalue weighted by atomic mass is 10.0. The monoisotopic (exact) mass is 169 g/mol. The number of carbonyl (C=O) groups excluding carboxylic acids is 1. The first kappa shape index (κ1) is 9.68. The van der Waals surface area contributed by atoms with Crippen molar-refractivity contribution < 1.29 is 4.79 Å². The lowest BCUT2D eigenvalue weighted by Gasteiger charge is -2.29. The molecule has 0 aromatic carbocycles. The fourth-order valence-electron chi connectivity index (χ4n) is 1.60. The van der Waals surface area contributed by atoms with Crippen LogP contribution in [0.2, 0.25) is 0 Å². The molecule has 3 nitrogen and oxygen atoms in total. The smallest absolute Gasteiger partial charge is 0.218 e. The predicted molar refractivity (Wildman–Crippen MR) is 48.7 cm³/mol. The third kappa shape index (κ3) is 2.91. The normalized spacial score (nSPS) is 30.6. The molecule has 1 fully saturated rings. The van der Waals surface area contributed by atoms with Crippen molar-refractivity contribution in [1.29, 1.82) is 0 Å². The summed E-state index contributed by atoms with van der Waals surface area (Å²) in [6.07, 6.45) is 3.10. The zero-order valence-electron chi connectivity index (χ0n) is 7.76. The van der Waals surface area contributed by atoms with Gasteiger partial charge in [-0.15, -0.1) is 0 Å². The summed E-state index contributed by atoms with van der Waals surface area (Å²) >= 11 is 0. The Labute approximate surface area is 73.9 Å². The molecule has 1 aliphatic rings. The summed E-state index contributed by atoms with van der Waals surface area (Å²) in [5.74, 6) is 0.676. The summed E-state index contributed by atoms with van der Waals surface area (Å²) in [6.45, 7) is 6.07. The molecule has 1 saturated heterocycles. The second-order valence-electron chi connectivity index (χ2n) is 3.82. The molecular formula is C9H17N2O. The van der Waals surface area contributed by atoms with Crippen LogP contribution in [0.4, 0.5) is 0 Å². The second kappa shape index (κ2) is 4.58. The van der Waals surface area contributed by atoms with Crippen LogP contribution < -0.4 is 10.6 Å². The minimum Gasteiger partial charge on any atom is -0.313 e. The summed E-state index contributed by atoms with van der Waals surface area (Å²) < 4.78 is 0. The van der Waals surface area contributed by atoms with Crippen molar-refractivity contribution in [2.24, 2.45) is 5.92 Å². The van der Waals surface area contributed by atoms with Crippen LogP contribution in [0.25, 0.3) is 0 Å². The van der Waals surface area contributed by atoms with Gasteiger partial charge < -0.3 is 10.6 Å². The van der Waals surface area contributed by atoms with Crippen molar-refractivity contribution in [3.8, 4) is 0 Å². The molecule has 3 heteroatoms. The van der Waals surface area contributed by atoms with E-state index in [4.69, 9.17) is 0 Å². The third-order valence-corrected chi connectivity index (χ3v) is 2.07. The molecule has 0 aromatic heterocycles. The number of piperazine rings is 1. The first-order valence-electron chi connectivity index (χ1n) is 4.56. The van der Waals surface area contributed by atoms with E-state index >= 15 is 0 Å². The standard InChI is InChI=1S/C9H17N2O/c1-7(2)3-8-4-10-5-9(6-12)11-8/h7-11H,3-5H2,1-2H3. The first-order valence-corrected chi connectivity index (χ1v) is 4.56. The maximum absolute atomic E-state index is 10.4. The fourth-order valence-corrected chi connectivity index (χ4v) is 1.60. The van der Waals surface area contributed by atoms with Gasteiger partial charge in [-0.3, -0.25) is 4.79 Å². The van der Waals surface area contributed by atoms with Gasteiger partial charge in [-0.2, -0.15) is 0 Å². The van der Waals surface area contributed by atoms with Gasteiger partial charge in [-0.25, -0.2) is 0 Å². The van der Waals surface area contributed by atoms with E-state index in [2.05, 4.69) is 24.5 Å². The highest BCUT2D eigenvalue weighted by Crippen LogP contribution is 2.06. The van der Waals surface area contributed by atoms with E-state index in [1.165, 1.54) is 0 Å². The molecule has 0 aromatic rings. The van der Waals surface area contributed by atoms with Gasteiger partial charge in [0.1, 0.15) is 0 Å². The van der Waals surface area contributed by atoms with Crippen LogP contribution in [-0.4, -0.2) is 31.5 Å². The SMILES string of the molecule is CC(C)CC1CNCC([C]=O)N1. The van der Waals surface area contributed by atoms with Gasteiger partial charge >= 0.3 is 0 Å². The predicted octanol–water partition coefficient (Wildman–Crippen LogP) is 0.0722. The molecule has 12 heavy (non-hydrogen) atoms. The van der Waals surface area contributed by atoms with Crippen LogP contribution in [0.3, 0.4) is 0 Å². The van der Waals surface area contributed by atoms with Gasteiger partial charge in [0.05, 0.1) is 6.04 Å². The zero-order valence-corrected chi connectivity index (χ0v) is 7.76. The molecule has 0 spiro atoms. The van der Waals surface area contributed by atoms with Crippen molar-refractivity contribution in [2.75, 3.05) is 13.1 Å². The lowest BCUT2D eigenvalue weighted by molar-refractivity contribution is 0.332. The van der Waals surface area contributed by atoms with E-state index in [1.54, 1.807) is 0 Å². The summed E-state index contributed by atoms with van der Waals surface area (Å²) in [5, 5.41) is 6.46. The average Bonchev–Trinajstić information content (AvgIpc) is 2.03. The Morgan fingerprint density at radius 3 is 2.83 bits per heavy atom. The van der Waals surface area contributed by atoms with Crippen molar-refractivity contribution in [3.63, 3.8) is 0 Å². The topological polar surface area (TPSA) is 41.1 Å². The fraction of sp³-hybridized carbons (Fsp3) is 0.889. The highest BCUT2D eigenvalue weighted by molar-refractivity contribution is 5.59. The van der Waals surface area contributed by atoms with E-state index in [0.29, 0.717) is 12.0 Å². The van der Waals surface area contributed by atoms with Crippen LogP contribution in [0, 0.1) is 5.92 Å². The maximum atomic E-state index is 10.4. The van der Waals surface area contributed by atoms with Crippen LogP contribution in [0.1, 0.15) is 20.3 Å². The zero-order chi connectivity index (χ0) is 8.97. The van der Waals surface area contributed by atoms with Gasteiger partial charge in [-0.1, -0.05) is 13.8 Å². The quantitative estimate of drug-likeness (QED) is 0.628. The van der Waals surface area contributed by atoms with Crippen LogP contribution in [0.5, 0.6) is 0 Å². The molecule has 1 rings (SSSR count). The molecule has 0 bridgehead atoms. The summed E-state index contributed by atoms with van der Waals surface area (Å²) in [5.41, 5.74) is 0. The van der Waals surface area contributed by atoms with Crippen LogP contribution in [-0.2, 0) is 4.79 Å². The summed E-state index contributed by atoms with van der Waals surface area (Å²) in [6, 6.07) is 0.327. The molecule has 0 saturated carbocycles. The Morgan fingerprint density at radius 1 is 1.50 bits per heavy atom. The molecule has 0 amide bonds. The summed E-state index contributed by atoms with van der Waals surface area (Å²) in [4.78, 5) is 10.4. The van der Waals surface area contributed by atoms with Gasteiger partial charge in [0, 0.05) is 19.1 Å². The molecular weight excluding hydrogens is 152 g/mol. The van der Waals surface area contributed by atoms with Gasteiger partial charge in [-0.05, 0) is 12.3 Å². The molecule has 1 aliphatic heterocycles. The maximum Gasteiger partial charge on any atom is 0.218 e. The van der Waals surface area contributed by atoms with Crippen molar-refractivity contribution in [2.45, 2.75) is 32.4 Å². The van der Waals surface area contributed by atoms with E-state index in [1.807, 2.05) is 6.29 Å². The second-order valence-corrected chi connectivity index (χ2v) is 3.82. The number of hydrogen-bond donors (Lipinski definition) is 2. The molecule has 0 aliphatic carbocycles. The van der Waals surface area contributed by atoms with Crippen LogP contribution in [0.15, 0.2) is 0 Å². The first-order chi connectivity index (χ1) is 5.72. The summed E-state index contributed by atoms with van der Waals surface area (Å²) in [7, 11) is 0. The van der Waals surface area contributed by atoms with Gasteiger partial charge in [0.25, 0.3) is 0 Å². The molecule has 2 atom stereocenters. The number of hydrogen-bond acceptors (Lipinski definition) is 3. The molecule has 1 heterocycles.